The molecule has 146 valence electrons. The van der Waals surface area contributed by atoms with Crippen LogP contribution in [0, 0.1) is 6.92 Å². The van der Waals surface area contributed by atoms with E-state index >= 15 is 0 Å². The van der Waals surface area contributed by atoms with Crippen molar-refractivity contribution in [3.63, 3.8) is 0 Å². The number of rotatable bonds is 6. The molecule has 0 aliphatic rings. The van der Waals surface area contributed by atoms with Gasteiger partial charge in [0.05, 0.1) is 17.1 Å². The number of nitrogens with one attached hydrogen (secondary N) is 1. The Morgan fingerprint density at radius 2 is 1.72 bits per heavy atom. The van der Waals surface area contributed by atoms with E-state index in [0.29, 0.717) is 11.0 Å². The second-order valence-corrected chi connectivity index (χ2v) is 7.43. The lowest BCUT2D eigenvalue weighted by molar-refractivity contribution is -0.113. The third-order valence-corrected chi connectivity index (χ3v) is 5.32. The van der Waals surface area contributed by atoms with Gasteiger partial charge in [0.1, 0.15) is 5.82 Å². The Morgan fingerprint density at radius 3 is 2.45 bits per heavy atom. The molecule has 4 rings (SSSR count). The summed E-state index contributed by atoms with van der Waals surface area (Å²) in [7, 11) is 1.90. The molecule has 0 aliphatic heterocycles. The minimum atomic E-state index is -0.128. The lowest BCUT2D eigenvalue weighted by atomic mass is 10.2. The van der Waals surface area contributed by atoms with Crippen molar-refractivity contribution in [1.29, 1.82) is 0 Å². The molecule has 1 N–H and O–H groups in total. The molecule has 0 aliphatic carbocycles. The highest BCUT2D eigenvalue weighted by Crippen LogP contribution is 2.23. The van der Waals surface area contributed by atoms with Crippen LogP contribution in [0.1, 0.15) is 5.69 Å². The van der Waals surface area contributed by atoms with E-state index in [1.54, 1.807) is 4.68 Å². The van der Waals surface area contributed by atoms with Crippen molar-refractivity contribution >= 4 is 23.5 Å². The molecule has 0 fully saturated rings. The van der Waals surface area contributed by atoms with Gasteiger partial charge in [-0.25, -0.2) is 4.68 Å². The molecule has 0 spiro atoms. The summed E-state index contributed by atoms with van der Waals surface area (Å²) >= 11 is 1.35. The molecule has 2 aromatic heterocycles. The Kier molecular flexibility index (Phi) is 5.44. The van der Waals surface area contributed by atoms with Crippen LogP contribution in [0.5, 0.6) is 0 Å². The summed E-state index contributed by atoms with van der Waals surface area (Å²) in [4.78, 5) is 12.5. The third-order valence-electron chi connectivity index (χ3n) is 4.30. The Bertz CT molecular complexity index is 1120. The first-order valence-electron chi connectivity index (χ1n) is 9.11. The summed E-state index contributed by atoms with van der Waals surface area (Å²) in [6, 6.07) is 21.4. The summed E-state index contributed by atoms with van der Waals surface area (Å²) in [6.07, 6.45) is 0. The van der Waals surface area contributed by atoms with E-state index < -0.39 is 0 Å². The number of carbonyl (C=O) groups is 1. The summed E-state index contributed by atoms with van der Waals surface area (Å²) < 4.78 is 3.62. The van der Waals surface area contributed by atoms with Crippen LogP contribution in [0.15, 0.2) is 71.9 Å². The average Bonchev–Trinajstić information content (AvgIpc) is 3.30. The molecule has 0 bridgehead atoms. The number of benzene rings is 2. The van der Waals surface area contributed by atoms with Crippen molar-refractivity contribution in [3.8, 4) is 17.1 Å². The normalized spacial score (nSPS) is 10.8. The third kappa shape index (κ3) is 4.22. The molecule has 8 heteroatoms. The molecular weight excluding hydrogens is 384 g/mol. The number of para-hydroxylation sites is 1. The topological polar surface area (TPSA) is 77.6 Å². The van der Waals surface area contributed by atoms with Crippen molar-refractivity contribution in [1.82, 2.24) is 24.5 Å². The second-order valence-electron chi connectivity index (χ2n) is 6.49. The molecule has 2 heterocycles. The maximum atomic E-state index is 12.5. The summed E-state index contributed by atoms with van der Waals surface area (Å²) in [5.41, 5.74) is 2.71. The maximum Gasteiger partial charge on any atom is 0.236 e. The standard InChI is InChI=1S/C21H20N6OS/c1-15-13-18(27(25-15)17-11-7-4-8-12-17)22-19(28)14-29-21-24-23-20(26(21)2)16-9-5-3-6-10-16/h3-13H,14H2,1-2H3,(H,22,28). The first-order valence-corrected chi connectivity index (χ1v) is 10.1. The van der Waals surface area contributed by atoms with Gasteiger partial charge in [-0.05, 0) is 19.1 Å². The maximum absolute atomic E-state index is 12.5. The monoisotopic (exact) mass is 404 g/mol. The van der Waals surface area contributed by atoms with Crippen molar-refractivity contribution in [2.45, 2.75) is 12.1 Å². The van der Waals surface area contributed by atoms with Gasteiger partial charge in [0.2, 0.25) is 5.91 Å². The minimum absolute atomic E-state index is 0.128. The smallest absolute Gasteiger partial charge is 0.236 e. The molecule has 0 atom stereocenters. The van der Waals surface area contributed by atoms with Gasteiger partial charge in [-0.3, -0.25) is 4.79 Å². The fourth-order valence-corrected chi connectivity index (χ4v) is 3.65. The molecule has 7 nitrogen and oxygen atoms in total. The number of carbonyl (C=O) groups excluding carboxylic acids is 1. The molecular formula is C21H20N6OS. The highest BCUT2D eigenvalue weighted by atomic mass is 32.2. The predicted octanol–water partition coefficient (Wildman–Crippen LogP) is 3.71. The SMILES string of the molecule is Cc1cc(NC(=O)CSc2nnc(-c3ccccc3)n2C)n(-c2ccccc2)n1. The molecule has 1 amide bonds. The molecule has 2 aromatic carbocycles. The fourth-order valence-electron chi connectivity index (χ4n) is 2.94. The van der Waals surface area contributed by atoms with Crippen LogP contribution in [0.3, 0.4) is 0 Å². The van der Waals surface area contributed by atoms with E-state index in [2.05, 4.69) is 20.6 Å². The number of aryl methyl sites for hydroxylation is 1. The van der Waals surface area contributed by atoms with Crippen LogP contribution in [0.25, 0.3) is 17.1 Å². The number of amides is 1. The van der Waals surface area contributed by atoms with Crippen LogP contribution in [0.2, 0.25) is 0 Å². The number of aromatic nitrogens is 5. The molecule has 0 saturated carbocycles. The summed E-state index contributed by atoms with van der Waals surface area (Å²) in [5.74, 6) is 1.50. The van der Waals surface area contributed by atoms with E-state index in [1.165, 1.54) is 11.8 Å². The van der Waals surface area contributed by atoms with Gasteiger partial charge in [0, 0.05) is 18.7 Å². The predicted molar refractivity (Wildman–Crippen MR) is 114 cm³/mol. The highest BCUT2D eigenvalue weighted by molar-refractivity contribution is 7.99. The number of thioether (sulfide) groups is 1. The van der Waals surface area contributed by atoms with Crippen LogP contribution < -0.4 is 5.32 Å². The average molecular weight is 404 g/mol. The molecule has 0 radical (unpaired) electrons. The lowest BCUT2D eigenvalue weighted by Crippen LogP contribution is -2.17. The number of hydrogen-bond donors (Lipinski definition) is 1. The molecule has 0 saturated heterocycles. The zero-order chi connectivity index (χ0) is 20.2. The minimum Gasteiger partial charge on any atom is -0.310 e. The highest BCUT2D eigenvalue weighted by Gasteiger charge is 2.15. The summed E-state index contributed by atoms with van der Waals surface area (Å²) in [6.45, 7) is 1.90. The Balaban J connectivity index is 1.44. The van der Waals surface area contributed by atoms with Gasteiger partial charge >= 0.3 is 0 Å². The number of hydrogen-bond acceptors (Lipinski definition) is 5. The van der Waals surface area contributed by atoms with E-state index in [9.17, 15) is 4.79 Å². The van der Waals surface area contributed by atoms with Crippen LogP contribution in [-0.4, -0.2) is 36.2 Å². The summed E-state index contributed by atoms with van der Waals surface area (Å²) in [5, 5.41) is 16.6. The number of nitrogens with zero attached hydrogens (tertiary/aromatic N) is 5. The van der Waals surface area contributed by atoms with Crippen molar-refractivity contribution in [2.24, 2.45) is 7.05 Å². The van der Waals surface area contributed by atoms with Crippen molar-refractivity contribution < 1.29 is 4.79 Å². The van der Waals surface area contributed by atoms with Crippen LogP contribution in [-0.2, 0) is 11.8 Å². The van der Waals surface area contributed by atoms with Gasteiger partial charge in [-0.1, -0.05) is 60.3 Å². The van der Waals surface area contributed by atoms with E-state index in [-0.39, 0.29) is 11.7 Å². The van der Waals surface area contributed by atoms with E-state index in [4.69, 9.17) is 0 Å². The molecule has 0 unspecified atom stereocenters. The fraction of sp³-hybridized carbons (Fsp3) is 0.143. The Labute approximate surface area is 172 Å². The van der Waals surface area contributed by atoms with Gasteiger partial charge < -0.3 is 9.88 Å². The molecule has 4 aromatic rings. The van der Waals surface area contributed by atoms with Crippen molar-refractivity contribution in [2.75, 3.05) is 11.1 Å². The second kappa shape index (κ2) is 8.32. The Morgan fingerprint density at radius 1 is 1.03 bits per heavy atom. The van der Waals surface area contributed by atoms with Crippen LogP contribution in [0.4, 0.5) is 5.82 Å². The van der Waals surface area contributed by atoms with Gasteiger partial charge in [0.25, 0.3) is 0 Å². The lowest BCUT2D eigenvalue weighted by Gasteiger charge is -2.09. The molecule has 29 heavy (non-hydrogen) atoms. The van der Waals surface area contributed by atoms with Gasteiger partial charge in [-0.15, -0.1) is 10.2 Å². The van der Waals surface area contributed by atoms with Gasteiger partial charge in [-0.2, -0.15) is 5.10 Å². The zero-order valence-corrected chi connectivity index (χ0v) is 16.9. The number of anilines is 1. The van der Waals surface area contributed by atoms with Crippen LogP contribution >= 0.6 is 11.8 Å². The largest absolute Gasteiger partial charge is 0.310 e. The van der Waals surface area contributed by atoms with Gasteiger partial charge in [0.15, 0.2) is 11.0 Å². The van der Waals surface area contributed by atoms with E-state index in [0.717, 1.165) is 22.8 Å². The van der Waals surface area contributed by atoms with Crippen molar-refractivity contribution in [3.05, 3.63) is 72.4 Å². The first kappa shape index (κ1) is 18.9. The zero-order valence-electron chi connectivity index (χ0n) is 16.1. The van der Waals surface area contributed by atoms with E-state index in [1.807, 2.05) is 85.3 Å². The Hall–Kier alpha value is -3.39. The quantitative estimate of drug-likeness (QED) is 0.496. The first-order chi connectivity index (χ1) is 14.1.